The van der Waals surface area contributed by atoms with E-state index in [0.29, 0.717) is 0 Å². The van der Waals surface area contributed by atoms with Crippen LogP contribution in [0.25, 0.3) is 10.9 Å². The van der Waals surface area contributed by atoms with Crippen LogP contribution in [0.5, 0.6) is 0 Å². The summed E-state index contributed by atoms with van der Waals surface area (Å²) in [6, 6.07) is 10.3. The van der Waals surface area contributed by atoms with E-state index >= 15 is 0 Å². The summed E-state index contributed by atoms with van der Waals surface area (Å²) in [5.41, 5.74) is 2.22. The molecule has 0 aliphatic rings. The smallest absolute Gasteiger partial charge is 0.238 e. The Kier molecular flexibility index (Phi) is 3.19. The monoisotopic (exact) mass is 286 g/mol. The summed E-state index contributed by atoms with van der Waals surface area (Å²) in [5, 5.41) is 5.56. The number of aryl methyl sites for hydroxylation is 2. The second kappa shape index (κ2) is 4.00. The van der Waals surface area contributed by atoms with Crippen LogP contribution in [-0.2, 0) is 7.05 Å². The minimum atomic E-state index is 0. The first-order chi connectivity index (χ1) is 5.77. The predicted molar refractivity (Wildman–Crippen MR) is 47.7 cm³/mol. The molecular weight excluding hydrogens is 275 g/mol. The van der Waals surface area contributed by atoms with Gasteiger partial charge in [-0.25, -0.2) is 0 Å². The van der Waals surface area contributed by atoms with Crippen LogP contribution in [0, 0.1) is 6.92 Å². The standard InChI is InChI=1S/C10H11N2.HI/c1-8-7-9-5-3-4-6-10(9)12(2)11-8;/h3-7H,1-2H3;1H/q+1;/p-1. The van der Waals surface area contributed by atoms with Crippen molar-refractivity contribution in [2.24, 2.45) is 7.05 Å². The van der Waals surface area contributed by atoms with E-state index in [0.717, 1.165) is 5.69 Å². The van der Waals surface area contributed by atoms with Gasteiger partial charge in [0.1, 0.15) is 5.69 Å². The first-order valence-corrected chi connectivity index (χ1v) is 4.00. The highest BCUT2D eigenvalue weighted by atomic mass is 127. The van der Waals surface area contributed by atoms with Gasteiger partial charge >= 0.3 is 0 Å². The van der Waals surface area contributed by atoms with E-state index in [2.05, 4.69) is 23.3 Å². The zero-order chi connectivity index (χ0) is 8.55. The molecule has 1 heterocycles. The minimum absolute atomic E-state index is 0. The quantitative estimate of drug-likeness (QED) is 0.420. The van der Waals surface area contributed by atoms with Crippen LogP contribution >= 0.6 is 0 Å². The molecule has 0 saturated carbocycles. The van der Waals surface area contributed by atoms with Gasteiger partial charge in [-0.15, -0.1) is 0 Å². The number of halogens is 1. The molecule has 0 spiro atoms. The van der Waals surface area contributed by atoms with Gasteiger partial charge in [-0.2, -0.15) is 0 Å². The Labute approximate surface area is 94.6 Å². The van der Waals surface area contributed by atoms with Gasteiger partial charge in [0.2, 0.25) is 5.52 Å². The Morgan fingerprint density at radius 2 is 1.92 bits per heavy atom. The van der Waals surface area contributed by atoms with Crippen molar-refractivity contribution >= 4 is 10.9 Å². The highest BCUT2D eigenvalue weighted by Crippen LogP contribution is 2.08. The lowest BCUT2D eigenvalue weighted by atomic mass is 10.2. The molecule has 1 aromatic heterocycles. The molecule has 2 rings (SSSR count). The van der Waals surface area contributed by atoms with Crippen LogP contribution in [0.1, 0.15) is 5.69 Å². The summed E-state index contributed by atoms with van der Waals surface area (Å²) in [6.45, 7) is 2.01. The molecule has 0 bridgehead atoms. The van der Waals surface area contributed by atoms with Crippen molar-refractivity contribution in [3.05, 3.63) is 36.0 Å². The van der Waals surface area contributed by atoms with E-state index in [4.69, 9.17) is 0 Å². The van der Waals surface area contributed by atoms with Gasteiger partial charge < -0.3 is 24.0 Å². The fourth-order valence-corrected chi connectivity index (χ4v) is 1.45. The molecule has 0 amide bonds. The molecule has 13 heavy (non-hydrogen) atoms. The lowest BCUT2D eigenvalue weighted by Gasteiger charge is -1.94. The fraction of sp³-hybridized carbons (Fsp3) is 0.200. The van der Waals surface area contributed by atoms with Gasteiger partial charge in [0.15, 0.2) is 7.05 Å². The van der Waals surface area contributed by atoms with Gasteiger partial charge in [0, 0.05) is 6.07 Å². The molecule has 0 aliphatic carbocycles. The van der Waals surface area contributed by atoms with Crippen molar-refractivity contribution in [1.82, 2.24) is 5.10 Å². The Hall–Kier alpha value is -0.710. The molecule has 0 radical (unpaired) electrons. The molecule has 0 saturated heterocycles. The van der Waals surface area contributed by atoms with E-state index in [9.17, 15) is 0 Å². The number of para-hydroxylation sites is 1. The summed E-state index contributed by atoms with van der Waals surface area (Å²) in [4.78, 5) is 0. The first-order valence-electron chi connectivity index (χ1n) is 4.00. The normalized spacial score (nSPS) is 9.69. The zero-order valence-corrected chi connectivity index (χ0v) is 9.82. The average molecular weight is 286 g/mol. The van der Waals surface area contributed by atoms with Crippen LogP contribution in [0.3, 0.4) is 0 Å². The topological polar surface area (TPSA) is 16.8 Å². The molecule has 0 unspecified atom stereocenters. The van der Waals surface area contributed by atoms with E-state index in [1.165, 1.54) is 10.9 Å². The van der Waals surface area contributed by atoms with E-state index in [-0.39, 0.29) is 24.0 Å². The largest absolute Gasteiger partial charge is 1.00 e. The van der Waals surface area contributed by atoms with Gasteiger partial charge in [-0.3, -0.25) is 0 Å². The summed E-state index contributed by atoms with van der Waals surface area (Å²) >= 11 is 0. The zero-order valence-electron chi connectivity index (χ0n) is 7.66. The maximum absolute atomic E-state index is 4.32. The summed E-state index contributed by atoms with van der Waals surface area (Å²) in [6.07, 6.45) is 0. The van der Waals surface area contributed by atoms with Crippen molar-refractivity contribution in [3.63, 3.8) is 0 Å². The lowest BCUT2D eigenvalue weighted by molar-refractivity contribution is -0.706. The highest BCUT2D eigenvalue weighted by molar-refractivity contribution is 5.75. The molecule has 68 valence electrons. The molecule has 1 aromatic carbocycles. The van der Waals surface area contributed by atoms with Crippen LogP contribution in [0.15, 0.2) is 30.3 Å². The maximum Gasteiger partial charge on any atom is 0.238 e. The lowest BCUT2D eigenvalue weighted by Crippen LogP contribution is -3.00. The number of aromatic nitrogens is 2. The summed E-state index contributed by atoms with van der Waals surface area (Å²) in [7, 11) is 1.97. The number of fused-ring (bicyclic) bond motifs is 1. The first kappa shape index (κ1) is 10.4. The maximum atomic E-state index is 4.32. The predicted octanol–water partition coefficient (Wildman–Crippen LogP) is -1.63. The second-order valence-corrected chi connectivity index (χ2v) is 2.97. The fourth-order valence-electron chi connectivity index (χ4n) is 1.45. The highest BCUT2D eigenvalue weighted by Gasteiger charge is 2.04. The third-order valence-electron chi connectivity index (χ3n) is 1.96. The van der Waals surface area contributed by atoms with Crippen LogP contribution in [0.4, 0.5) is 0 Å². The molecule has 2 nitrogen and oxygen atoms in total. The number of hydrogen-bond donors (Lipinski definition) is 0. The van der Waals surface area contributed by atoms with Crippen LogP contribution < -0.4 is 28.7 Å². The Morgan fingerprint density at radius 1 is 1.23 bits per heavy atom. The Morgan fingerprint density at radius 3 is 2.69 bits per heavy atom. The van der Waals surface area contributed by atoms with E-state index in [1.54, 1.807) is 0 Å². The number of nitrogens with zero attached hydrogens (tertiary/aromatic N) is 2. The molecule has 2 aromatic rings. The SMILES string of the molecule is Cc1cc2ccccc2[n+](C)n1.[I-]. The van der Waals surface area contributed by atoms with Crippen molar-refractivity contribution in [1.29, 1.82) is 0 Å². The third-order valence-corrected chi connectivity index (χ3v) is 1.96. The third kappa shape index (κ3) is 1.96. The van der Waals surface area contributed by atoms with Crippen molar-refractivity contribution < 1.29 is 28.7 Å². The molecule has 0 N–H and O–H groups in total. The van der Waals surface area contributed by atoms with Gasteiger partial charge in [-0.05, 0) is 24.2 Å². The van der Waals surface area contributed by atoms with Gasteiger partial charge in [-0.1, -0.05) is 16.8 Å². The number of benzene rings is 1. The van der Waals surface area contributed by atoms with E-state index < -0.39 is 0 Å². The molecule has 0 fully saturated rings. The van der Waals surface area contributed by atoms with Crippen LogP contribution in [-0.4, -0.2) is 5.10 Å². The molecular formula is C10H11IN2. The van der Waals surface area contributed by atoms with Crippen molar-refractivity contribution in [2.75, 3.05) is 0 Å². The van der Waals surface area contributed by atoms with E-state index in [1.807, 2.05) is 30.8 Å². The molecule has 0 aliphatic heterocycles. The number of rotatable bonds is 0. The average Bonchev–Trinajstić information content (AvgIpc) is 2.04. The molecule has 3 heteroatoms. The summed E-state index contributed by atoms with van der Waals surface area (Å²) < 4.78 is 1.91. The number of hydrogen-bond acceptors (Lipinski definition) is 1. The Balaban J connectivity index is 0.000000845. The summed E-state index contributed by atoms with van der Waals surface area (Å²) in [5.74, 6) is 0. The second-order valence-electron chi connectivity index (χ2n) is 2.97. The Bertz CT molecular complexity index is 426. The van der Waals surface area contributed by atoms with Crippen molar-refractivity contribution in [2.45, 2.75) is 6.92 Å². The van der Waals surface area contributed by atoms with Crippen LogP contribution in [0.2, 0.25) is 0 Å². The van der Waals surface area contributed by atoms with Crippen molar-refractivity contribution in [3.8, 4) is 0 Å². The van der Waals surface area contributed by atoms with Gasteiger partial charge in [0.05, 0.1) is 5.39 Å². The minimum Gasteiger partial charge on any atom is -1.00 e. The van der Waals surface area contributed by atoms with Gasteiger partial charge in [0.25, 0.3) is 0 Å². The molecule has 0 atom stereocenters.